The van der Waals surface area contributed by atoms with Gasteiger partial charge in [-0.1, -0.05) is 77.2 Å². The van der Waals surface area contributed by atoms with Gasteiger partial charge in [0.05, 0.1) is 6.07 Å². The Morgan fingerprint density at radius 2 is 1.41 bits per heavy atom. The van der Waals surface area contributed by atoms with Crippen molar-refractivity contribution in [2.45, 2.75) is 103 Å². The lowest BCUT2D eigenvalue weighted by Crippen LogP contribution is -2.16. The van der Waals surface area contributed by atoms with Crippen molar-refractivity contribution in [2.24, 2.45) is 5.92 Å². The van der Waals surface area contributed by atoms with Crippen LogP contribution in [0.5, 0.6) is 0 Å². The molecule has 2 unspecified atom stereocenters. The lowest BCUT2D eigenvalue weighted by molar-refractivity contribution is 0.0656. The first-order chi connectivity index (χ1) is 10.8. The summed E-state index contributed by atoms with van der Waals surface area (Å²) in [6.45, 7) is 5.88. The molecule has 0 aliphatic heterocycles. The Bertz CT molecular complexity index is 282. The van der Waals surface area contributed by atoms with E-state index in [1.165, 1.54) is 64.2 Å². The van der Waals surface area contributed by atoms with Gasteiger partial charge in [0, 0.05) is 6.42 Å². The number of hydrogen-bond donors (Lipinski definition) is 0. The van der Waals surface area contributed by atoms with Gasteiger partial charge in [-0.3, -0.25) is 0 Å². The van der Waals surface area contributed by atoms with Crippen molar-refractivity contribution in [2.75, 3.05) is 0 Å². The van der Waals surface area contributed by atoms with Gasteiger partial charge in [0.1, 0.15) is 6.10 Å². The van der Waals surface area contributed by atoms with Crippen LogP contribution in [0.25, 0.3) is 0 Å². The Morgan fingerprint density at radius 1 is 0.909 bits per heavy atom. The van der Waals surface area contributed by atoms with Crippen LogP contribution in [0.3, 0.4) is 0 Å². The van der Waals surface area contributed by atoms with E-state index in [1.807, 2.05) is 0 Å². The third-order valence-corrected chi connectivity index (χ3v) is 4.49. The Hall–Kier alpha value is -0.810. The molecular weight excluding hydrogens is 270 g/mol. The van der Waals surface area contributed by atoms with Crippen LogP contribution in [0.2, 0.25) is 0 Å². The fraction of sp³-hybridized carbons (Fsp3) is 0.850. The summed E-state index contributed by atoms with van der Waals surface area (Å²) in [4.78, 5) is 0. The molecule has 2 atom stereocenters. The monoisotopic (exact) mass is 306 g/mol. The topological polar surface area (TPSA) is 43.7 Å². The van der Waals surface area contributed by atoms with E-state index in [4.69, 9.17) is 5.26 Å². The molecule has 22 heavy (non-hydrogen) atoms. The zero-order valence-corrected chi connectivity index (χ0v) is 14.7. The molecule has 0 N–H and O–H groups in total. The molecule has 0 rings (SSSR count). The van der Waals surface area contributed by atoms with Crippen LogP contribution in [-0.4, -0.2) is 6.10 Å². The molecule has 2 nitrogen and oxygen atoms in total. The van der Waals surface area contributed by atoms with Gasteiger partial charge in [-0.15, -0.1) is 6.58 Å². The van der Waals surface area contributed by atoms with Crippen LogP contribution < -0.4 is 0 Å². The molecule has 0 spiro atoms. The van der Waals surface area contributed by atoms with Crippen molar-refractivity contribution in [3.8, 4) is 6.07 Å². The Labute approximate surface area is 138 Å². The van der Waals surface area contributed by atoms with E-state index in [2.05, 4.69) is 19.6 Å². The highest BCUT2D eigenvalue weighted by Crippen LogP contribution is 2.22. The molecule has 0 amide bonds. The standard InChI is InChI=1S/C20H36NO/c1-3-5-13-16-19(20(22)4-2)17-14-11-9-7-6-8-10-12-15-18-21/h4,19-20H,2-3,5-17H2,1H3. The molecule has 0 aliphatic rings. The average Bonchev–Trinajstić information content (AvgIpc) is 2.54. The third-order valence-electron chi connectivity index (χ3n) is 4.49. The highest BCUT2D eigenvalue weighted by atomic mass is 16.3. The molecule has 0 saturated heterocycles. The van der Waals surface area contributed by atoms with Gasteiger partial charge in [0.15, 0.2) is 0 Å². The maximum atomic E-state index is 11.9. The maximum absolute atomic E-state index is 11.9. The second-order valence-electron chi connectivity index (χ2n) is 6.48. The van der Waals surface area contributed by atoms with E-state index in [0.29, 0.717) is 12.3 Å². The van der Waals surface area contributed by atoms with Crippen LogP contribution in [0.15, 0.2) is 12.7 Å². The van der Waals surface area contributed by atoms with Crippen LogP contribution in [-0.2, 0) is 5.11 Å². The predicted octanol–water partition coefficient (Wildman–Crippen LogP) is 6.59. The minimum absolute atomic E-state index is 0.301. The fourth-order valence-corrected chi connectivity index (χ4v) is 2.99. The van der Waals surface area contributed by atoms with E-state index in [-0.39, 0.29) is 0 Å². The summed E-state index contributed by atoms with van der Waals surface area (Å²) in [5.41, 5.74) is 0. The van der Waals surface area contributed by atoms with Crippen LogP contribution in [0.1, 0.15) is 96.8 Å². The molecule has 2 heteroatoms. The number of rotatable bonds is 16. The van der Waals surface area contributed by atoms with E-state index < -0.39 is 6.10 Å². The quantitative estimate of drug-likeness (QED) is 0.234. The molecule has 0 aromatic rings. The van der Waals surface area contributed by atoms with Crippen molar-refractivity contribution in [1.82, 2.24) is 0 Å². The van der Waals surface area contributed by atoms with Gasteiger partial charge in [-0.2, -0.15) is 5.26 Å². The number of hydrogen-bond acceptors (Lipinski definition) is 1. The summed E-state index contributed by atoms with van der Waals surface area (Å²) in [5, 5.41) is 20.4. The second-order valence-corrected chi connectivity index (χ2v) is 6.48. The predicted molar refractivity (Wildman–Crippen MR) is 94.1 cm³/mol. The van der Waals surface area contributed by atoms with Crippen molar-refractivity contribution in [1.29, 1.82) is 5.26 Å². The Kier molecular flexibility index (Phi) is 15.9. The highest BCUT2D eigenvalue weighted by Gasteiger charge is 2.16. The Balaban J connectivity index is 3.54. The van der Waals surface area contributed by atoms with Crippen molar-refractivity contribution in [3.63, 3.8) is 0 Å². The normalized spacial score (nSPS) is 13.5. The first-order valence-corrected chi connectivity index (χ1v) is 9.41. The fourth-order valence-electron chi connectivity index (χ4n) is 2.99. The van der Waals surface area contributed by atoms with E-state index >= 15 is 0 Å². The van der Waals surface area contributed by atoms with E-state index in [1.54, 1.807) is 6.08 Å². The minimum Gasteiger partial charge on any atom is -0.228 e. The van der Waals surface area contributed by atoms with Crippen LogP contribution >= 0.6 is 0 Å². The molecule has 1 radical (unpaired) electrons. The zero-order chi connectivity index (χ0) is 16.5. The van der Waals surface area contributed by atoms with Gasteiger partial charge >= 0.3 is 0 Å². The highest BCUT2D eigenvalue weighted by molar-refractivity contribution is 4.84. The molecule has 0 aliphatic carbocycles. The molecule has 127 valence electrons. The molecule has 0 heterocycles. The maximum Gasteiger partial charge on any atom is 0.114 e. The Morgan fingerprint density at radius 3 is 1.91 bits per heavy atom. The van der Waals surface area contributed by atoms with E-state index in [0.717, 1.165) is 19.3 Å². The summed E-state index contributed by atoms with van der Waals surface area (Å²) in [5.74, 6) is 0.301. The summed E-state index contributed by atoms with van der Waals surface area (Å²) in [6.07, 6.45) is 17.4. The minimum atomic E-state index is -0.572. The van der Waals surface area contributed by atoms with Crippen molar-refractivity contribution in [3.05, 3.63) is 12.7 Å². The number of unbranched alkanes of at least 4 members (excludes halogenated alkanes) is 10. The molecule has 0 aromatic carbocycles. The summed E-state index contributed by atoms with van der Waals surface area (Å²) < 4.78 is 0. The molecule has 0 aromatic heterocycles. The van der Waals surface area contributed by atoms with Crippen LogP contribution in [0, 0.1) is 17.2 Å². The SMILES string of the molecule is C=CC([O])C(CCCCC)CCCCCCCCCCC#N. The summed E-state index contributed by atoms with van der Waals surface area (Å²) in [6, 6.07) is 2.20. The van der Waals surface area contributed by atoms with Crippen LogP contribution in [0.4, 0.5) is 0 Å². The lowest BCUT2D eigenvalue weighted by Gasteiger charge is -2.18. The third kappa shape index (κ3) is 12.9. The molecular formula is C20H36NO. The number of nitrogens with zero attached hydrogens (tertiary/aromatic N) is 1. The van der Waals surface area contributed by atoms with Gasteiger partial charge in [-0.25, -0.2) is 5.11 Å². The van der Waals surface area contributed by atoms with Gasteiger partial charge < -0.3 is 0 Å². The summed E-state index contributed by atoms with van der Waals surface area (Å²) >= 11 is 0. The first-order valence-electron chi connectivity index (χ1n) is 9.41. The zero-order valence-electron chi connectivity index (χ0n) is 14.7. The van der Waals surface area contributed by atoms with E-state index in [9.17, 15) is 5.11 Å². The largest absolute Gasteiger partial charge is 0.228 e. The van der Waals surface area contributed by atoms with Crippen molar-refractivity contribution >= 4 is 0 Å². The smallest absolute Gasteiger partial charge is 0.114 e. The average molecular weight is 307 g/mol. The molecule has 0 bridgehead atoms. The van der Waals surface area contributed by atoms with Gasteiger partial charge in [0.25, 0.3) is 0 Å². The lowest BCUT2D eigenvalue weighted by atomic mass is 9.90. The van der Waals surface area contributed by atoms with Crippen molar-refractivity contribution < 1.29 is 5.11 Å². The summed E-state index contributed by atoms with van der Waals surface area (Å²) in [7, 11) is 0. The molecule has 0 fully saturated rings. The van der Waals surface area contributed by atoms with Gasteiger partial charge in [0.2, 0.25) is 0 Å². The second kappa shape index (κ2) is 16.6. The van der Waals surface area contributed by atoms with Gasteiger partial charge in [-0.05, 0) is 25.2 Å². The number of nitriles is 1. The first kappa shape index (κ1) is 21.2. The molecule has 0 saturated carbocycles.